The molecular formula is C9H9N5O5. The topological polar surface area (TPSA) is 135 Å². The monoisotopic (exact) mass is 267 g/mol. The number of aromatic amines is 1. The molecule has 2 aromatic heterocycles. The van der Waals surface area contributed by atoms with Crippen LogP contribution in [0.4, 0.5) is 0 Å². The standard InChI is InChI=1S/C9H9N5O5/c15-4-2-1-13-7-3(11-12-13)6(17)10-9(18)14(7)8(19-2)5(4)16/h2,4-5,8,15-16H,1H2,(H,10,17,18)/t2-,4?,5?,8-/m1/s1. The summed E-state index contributed by atoms with van der Waals surface area (Å²) in [6.45, 7) is 0.105. The average Bonchev–Trinajstić information content (AvgIpc) is 2.82. The fourth-order valence-corrected chi connectivity index (χ4v) is 2.63. The van der Waals surface area contributed by atoms with Gasteiger partial charge in [0, 0.05) is 0 Å². The van der Waals surface area contributed by atoms with Crippen LogP contribution in [0.2, 0.25) is 0 Å². The van der Waals surface area contributed by atoms with Gasteiger partial charge in [-0.2, -0.15) is 0 Å². The van der Waals surface area contributed by atoms with Crippen LogP contribution in [0, 0.1) is 0 Å². The number of aromatic nitrogens is 5. The minimum Gasteiger partial charge on any atom is -0.387 e. The van der Waals surface area contributed by atoms with Gasteiger partial charge in [-0.25, -0.2) is 14.0 Å². The third kappa shape index (κ3) is 1.20. The Kier molecular flexibility index (Phi) is 1.88. The largest absolute Gasteiger partial charge is 0.387 e. The fraction of sp³-hybridized carbons (Fsp3) is 0.556. The van der Waals surface area contributed by atoms with Gasteiger partial charge < -0.3 is 14.9 Å². The fourth-order valence-electron chi connectivity index (χ4n) is 2.63. The Hall–Kier alpha value is -2.04. The first kappa shape index (κ1) is 10.8. The van der Waals surface area contributed by atoms with Gasteiger partial charge in [-0.3, -0.25) is 9.78 Å². The number of nitrogens with zero attached hydrogens (tertiary/aromatic N) is 4. The maximum absolute atomic E-state index is 11.9. The summed E-state index contributed by atoms with van der Waals surface area (Å²) >= 11 is 0. The minimum absolute atomic E-state index is 0.00237. The summed E-state index contributed by atoms with van der Waals surface area (Å²) in [6.07, 6.45) is -4.15. The highest BCUT2D eigenvalue weighted by molar-refractivity contribution is 5.68. The van der Waals surface area contributed by atoms with Gasteiger partial charge in [-0.05, 0) is 0 Å². The number of hydrogen-bond acceptors (Lipinski definition) is 7. The molecule has 4 rings (SSSR count). The van der Waals surface area contributed by atoms with Crippen LogP contribution in [0.5, 0.6) is 0 Å². The van der Waals surface area contributed by atoms with Crippen molar-refractivity contribution in [2.24, 2.45) is 0 Å². The van der Waals surface area contributed by atoms with E-state index in [0.29, 0.717) is 0 Å². The molecular weight excluding hydrogens is 258 g/mol. The number of hydrogen-bond donors (Lipinski definition) is 3. The van der Waals surface area contributed by atoms with Crippen LogP contribution in [0.15, 0.2) is 9.59 Å². The van der Waals surface area contributed by atoms with E-state index in [9.17, 15) is 19.8 Å². The first-order chi connectivity index (χ1) is 9.08. The summed E-state index contributed by atoms with van der Waals surface area (Å²) in [6, 6.07) is 0. The van der Waals surface area contributed by atoms with E-state index in [2.05, 4.69) is 15.3 Å². The van der Waals surface area contributed by atoms with E-state index < -0.39 is 35.8 Å². The van der Waals surface area contributed by atoms with Crippen molar-refractivity contribution in [2.75, 3.05) is 0 Å². The Morgan fingerprint density at radius 1 is 1.32 bits per heavy atom. The normalized spacial score (nSPS) is 32.7. The Bertz CT molecular complexity index is 790. The van der Waals surface area contributed by atoms with Crippen LogP contribution in [-0.2, 0) is 11.3 Å². The van der Waals surface area contributed by atoms with E-state index in [-0.39, 0.29) is 17.7 Å². The second-order valence-electron chi connectivity index (χ2n) is 4.62. The molecule has 2 unspecified atom stereocenters. The lowest BCUT2D eigenvalue weighted by atomic mass is 10.1. The highest BCUT2D eigenvalue weighted by atomic mass is 16.6. The Labute approximate surface area is 103 Å². The second-order valence-corrected chi connectivity index (χ2v) is 4.62. The zero-order chi connectivity index (χ0) is 13.3. The molecule has 1 saturated heterocycles. The summed E-state index contributed by atoms with van der Waals surface area (Å²) < 4.78 is 7.84. The molecule has 0 amide bonds. The van der Waals surface area contributed by atoms with E-state index in [1.807, 2.05) is 0 Å². The summed E-state index contributed by atoms with van der Waals surface area (Å²) in [7, 11) is 0. The molecule has 4 atom stereocenters. The summed E-state index contributed by atoms with van der Waals surface area (Å²) in [5.41, 5.74) is -1.19. The van der Waals surface area contributed by atoms with Crippen molar-refractivity contribution in [1.29, 1.82) is 0 Å². The first-order valence-corrected chi connectivity index (χ1v) is 5.67. The van der Waals surface area contributed by atoms with Crippen LogP contribution < -0.4 is 11.2 Å². The Morgan fingerprint density at radius 3 is 2.89 bits per heavy atom. The molecule has 19 heavy (non-hydrogen) atoms. The number of fused-ring (bicyclic) bond motifs is 3. The van der Waals surface area contributed by atoms with Crippen LogP contribution >= 0.6 is 0 Å². The van der Waals surface area contributed by atoms with Gasteiger partial charge in [0.25, 0.3) is 5.56 Å². The maximum Gasteiger partial charge on any atom is 0.332 e. The van der Waals surface area contributed by atoms with Gasteiger partial charge in [0.2, 0.25) is 0 Å². The van der Waals surface area contributed by atoms with E-state index in [1.54, 1.807) is 0 Å². The smallest absolute Gasteiger partial charge is 0.332 e. The molecule has 100 valence electrons. The average molecular weight is 267 g/mol. The lowest BCUT2D eigenvalue weighted by molar-refractivity contribution is -0.0358. The van der Waals surface area contributed by atoms with Crippen molar-refractivity contribution < 1.29 is 14.9 Å². The third-order valence-electron chi connectivity index (χ3n) is 3.54. The number of rotatable bonds is 0. The predicted octanol–water partition coefficient (Wildman–Crippen LogP) is -3.09. The SMILES string of the molecule is O=c1[nH]c(=O)n2c3c1nnn3C[C@H]1O[C@@H]2C(O)C1O. The number of nitrogens with one attached hydrogen (secondary N) is 1. The predicted molar refractivity (Wildman–Crippen MR) is 58.3 cm³/mol. The highest BCUT2D eigenvalue weighted by Crippen LogP contribution is 2.33. The molecule has 0 spiro atoms. The van der Waals surface area contributed by atoms with Crippen molar-refractivity contribution in [3.05, 3.63) is 20.8 Å². The lowest BCUT2D eigenvalue weighted by Gasteiger charge is -2.18. The van der Waals surface area contributed by atoms with Crippen molar-refractivity contribution in [3.63, 3.8) is 0 Å². The summed E-state index contributed by atoms with van der Waals surface area (Å²) in [5, 5.41) is 27.2. The summed E-state index contributed by atoms with van der Waals surface area (Å²) in [5.74, 6) is 0. The molecule has 0 aromatic carbocycles. The van der Waals surface area contributed by atoms with Crippen LogP contribution in [0.3, 0.4) is 0 Å². The van der Waals surface area contributed by atoms with E-state index in [1.165, 1.54) is 4.68 Å². The molecule has 10 nitrogen and oxygen atoms in total. The number of aliphatic hydroxyl groups excluding tert-OH is 2. The van der Waals surface area contributed by atoms with Crippen LogP contribution in [0.25, 0.3) is 11.2 Å². The van der Waals surface area contributed by atoms with Crippen LogP contribution in [0.1, 0.15) is 6.23 Å². The van der Waals surface area contributed by atoms with Crippen molar-refractivity contribution in [3.8, 4) is 0 Å². The Morgan fingerprint density at radius 2 is 2.11 bits per heavy atom. The van der Waals surface area contributed by atoms with Gasteiger partial charge >= 0.3 is 5.69 Å². The van der Waals surface area contributed by atoms with E-state index >= 15 is 0 Å². The molecule has 10 heteroatoms. The number of aliphatic hydroxyl groups is 2. The summed E-state index contributed by atoms with van der Waals surface area (Å²) in [4.78, 5) is 25.6. The van der Waals surface area contributed by atoms with Gasteiger partial charge in [-0.1, -0.05) is 5.21 Å². The third-order valence-corrected chi connectivity index (χ3v) is 3.54. The van der Waals surface area contributed by atoms with Gasteiger partial charge in [0.05, 0.1) is 6.54 Å². The molecule has 3 N–H and O–H groups in total. The zero-order valence-corrected chi connectivity index (χ0v) is 9.42. The number of ether oxygens (including phenoxy) is 1. The molecule has 0 saturated carbocycles. The van der Waals surface area contributed by atoms with Crippen LogP contribution in [-0.4, -0.2) is 53.1 Å². The number of H-pyrrole nitrogens is 1. The van der Waals surface area contributed by atoms with Crippen molar-refractivity contribution in [2.45, 2.75) is 31.1 Å². The quantitative estimate of drug-likeness (QED) is 0.460. The van der Waals surface area contributed by atoms with Crippen molar-refractivity contribution >= 4 is 11.2 Å². The Balaban J connectivity index is 2.14. The molecule has 4 heterocycles. The zero-order valence-electron chi connectivity index (χ0n) is 9.42. The highest BCUT2D eigenvalue weighted by Gasteiger charge is 2.47. The minimum atomic E-state index is -1.25. The maximum atomic E-state index is 11.9. The molecule has 2 aliphatic heterocycles. The second kappa shape index (κ2) is 3.29. The van der Waals surface area contributed by atoms with Gasteiger partial charge in [0.1, 0.15) is 18.3 Å². The molecule has 2 bridgehead atoms. The molecule has 2 aliphatic rings. The van der Waals surface area contributed by atoms with Gasteiger partial charge in [0.15, 0.2) is 17.4 Å². The van der Waals surface area contributed by atoms with E-state index in [0.717, 1.165) is 4.57 Å². The van der Waals surface area contributed by atoms with Crippen molar-refractivity contribution in [1.82, 2.24) is 24.5 Å². The molecule has 2 aromatic rings. The molecule has 0 radical (unpaired) electrons. The molecule has 0 aliphatic carbocycles. The lowest BCUT2D eigenvalue weighted by Crippen LogP contribution is -2.40. The van der Waals surface area contributed by atoms with E-state index in [4.69, 9.17) is 4.74 Å². The molecule has 1 fully saturated rings. The first-order valence-electron chi connectivity index (χ1n) is 5.67. The van der Waals surface area contributed by atoms with Gasteiger partial charge in [-0.15, -0.1) is 5.10 Å².